The third kappa shape index (κ3) is 4.73. The minimum absolute atomic E-state index is 0.144. The van der Waals surface area contributed by atoms with Crippen LogP contribution in [-0.2, 0) is 21.2 Å². The molecule has 7 nitrogen and oxygen atoms in total. The zero-order valence-electron chi connectivity index (χ0n) is 11.5. The molecule has 2 aromatic rings. The van der Waals surface area contributed by atoms with Gasteiger partial charge in [0.1, 0.15) is 0 Å². The minimum atomic E-state index is -3.74. The number of hydrogen-bond acceptors (Lipinski definition) is 6. The summed E-state index contributed by atoms with van der Waals surface area (Å²) in [6.45, 7) is 1.53. The van der Waals surface area contributed by atoms with Crippen molar-refractivity contribution in [2.45, 2.75) is 17.7 Å². The zero-order valence-corrected chi connectivity index (χ0v) is 13.9. The lowest BCUT2D eigenvalue weighted by Gasteiger charge is -2.04. The summed E-state index contributed by atoms with van der Waals surface area (Å²) in [6.07, 6.45) is 0.522. The van der Waals surface area contributed by atoms with Crippen LogP contribution >= 0.6 is 22.9 Å². The average Bonchev–Trinajstić information content (AvgIpc) is 2.89. The lowest BCUT2D eigenvalue weighted by molar-refractivity contribution is -0.114. The third-order valence-corrected chi connectivity index (χ3v) is 5.46. The van der Waals surface area contributed by atoms with E-state index in [1.165, 1.54) is 6.92 Å². The molecule has 0 unspecified atom stereocenters. The first-order chi connectivity index (χ1) is 10.4. The quantitative estimate of drug-likeness (QED) is 0.763. The molecule has 2 N–H and O–H groups in total. The van der Waals surface area contributed by atoms with Crippen LogP contribution < -0.4 is 10.0 Å². The smallest absolute Gasteiger partial charge is 0.269 e. The van der Waals surface area contributed by atoms with Crippen molar-refractivity contribution in [1.29, 1.82) is 0 Å². The molecule has 1 amide bonds. The van der Waals surface area contributed by atoms with Crippen LogP contribution in [-0.4, -0.2) is 31.1 Å². The van der Waals surface area contributed by atoms with E-state index in [1.54, 1.807) is 12.1 Å². The molecule has 0 fully saturated rings. The molecular formula is C12H13ClN4O3S2. The maximum Gasteiger partial charge on any atom is 0.269 e. The molecule has 0 aliphatic rings. The molecule has 118 valence electrons. The second kappa shape index (κ2) is 7.14. The molecular weight excluding hydrogens is 348 g/mol. The SMILES string of the molecule is CC(=O)Nc1nnc(S(=O)(=O)NCCc2ccc(Cl)cc2)s1. The van der Waals surface area contributed by atoms with E-state index in [2.05, 4.69) is 20.2 Å². The van der Waals surface area contributed by atoms with Gasteiger partial charge in [-0.25, -0.2) is 13.1 Å². The van der Waals surface area contributed by atoms with Crippen molar-refractivity contribution < 1.29 is 13.2 Å². The Hall–Kier alpha value is -1.55. The first-order valence-electron chi connectivity index (χ1n) is 6.22. The summed E-state index contributed by atoms with van der Waals surface area (Å²) in [7, 11) is -3.74. The van der Waals surface area contributed by atoms with Gasteiger partial charge >= 0.3 is 0 Å². The van der Waals surface area contributed by atoms with Crippen molar-refractivity contribution in [3.63, 3.8) is 0 Å². The molecule has 1 aromatic carbocycles. The lowest BCUT2D eigenvalue weighted by atomic mass is 10.2. The number of halogens is 1. The summed E-state index contributed by atoms with van der Waals surface area (Å²) in [5.41, 5.74) is 0.961. The van der Waals surface area contributed by atoms with Gasteiger partial charge in [0.05, 0.1) is 0 Å². The molecule has 0 bridgehead atoms. The fourth-order valence-electron chi connectivity index (χ4n) is 1.56. The van der Waals surface area contributed by atoms with Gasteiger partial charge in [0.15, 0.2) is 0 Å². The van der Waals surface area contributed by atoms with Crippen molar-refractivity contribution in [2.24, 2.45) is 0 Å². The van der Waals surface area contributed by atoms with Crippen molar-refractivity contribution in [3.8, 4) is 0 Å². The molecule has 0 atom stereocenters. The summed E-state index contributed by atoms with van der Waals surface area (Å²) in [5, 5.41) is 10.3. The Kier molecular flexibility index (Phi) is 5.46. The molecule has 0 spiro atoms. The highest BCUT2D eigenvalue weighted by Gasteiger charge is 2.19. The first kappa shape index (κ1) is 16.8. The molecule has 0 saturated carbocycles. The van der Waals surface area contributed by atoms with Gasteiger partial charge in [-0.15, -0.1) is 10.2 Å². The summed E-state index contributed by atoms with van der Waals surface area (Å²) < 4.78 is 26.3. The number of nitrogens with zero attached hydrogens (tertiary/aromatic N) is 2. The summed E-state index contributed by atoms with van der Waals surface area (Å²) in [5.74, 6) is -0.337. The van der Waals surface area contributed by atoms with E-state index in [9.17, 15) is 13.2 Å². The Balaban J connectivity index is 1.94. The molecule has 22 heavy (non-hydrogen) atoms. The molecule has 0 saturated heterocycles. The lowest BCUT2D eigenvalue weighted by Crippen LogP contribution is -2.25. The largest absolute Gasteiger partial charge is 0.301 e. The molecule has 10 heteroatoms. The predicted octanol–water partition coefficient (Wildman–Crippen LogP) is 1.67. The summed E-state index contributed by atoms with van der Waals surface area (Å²) in [6, 6.07) is 7.15. The van der Waals surface area contributed by atoms with E-state index in [4.69, 9.17) is 11.6 Å². The van der Waals surface area contributed by atoms with Gasteiger partial charge in [-0.1, -0.05) is 35.1 Å². The average molecular weight is 361 g/mol. The molecule has 2 rings (SSSR count). The van der Waals surface area contributed by atoms with Gasteiger partial charge < -0.3 is 5.32 Å². The van der Waals surface area contributed by atoms with Gasteiger partial charge in [0.25, 0.3) is 10.0 Å². The Bertz CT molecular complexity index is 759. The van der Waals surface area contributed by atoms with Crippen LogP contribution in [0.1, 0.15) is 12.5 Å². The molecule has 0 aliphatic heterocycles. The fourth-order valence-corrected chi connectivity index (χ4v) is 3.71. The molecule has 0 aliphatic carbocycles. The Morgan fingerprint density at radius 2 is 1.95 bits per heavy atom. The first-order valence-corrected chi connectivity index (χ1v) is 8.90. The third-order valence-electron chi connectivity index (χ3n) is 2.54. The van der Waals surface area contributed by atoms with E-state index in [-0.39, 0.29) is 21.9 Å². The van der Waals surface area contributed by atoms with Gasteiger partial charge in [0.2, 0.25) is 15.4 Å². The van der Waals surface area contributed by atoms with Crippen LogP contribution in [0.3, 0.4) is 0 Å². The van der Waals surface area contributed by atoms with E-state index < -0.39 is 10.0 Å². The van der Waals surface area contributed by atoms with Gasteiger partial charge in [-0.3, -0.25) is 4.79 Å². The van der Waals surface area contributed by atoms with Crippen molar-refractivity contribution >= 4 is 44.0 Å². The maximum absolute atomic E-state index is 12.0. The van der Waals surface area contributed by atoms with Gasteiger partial charge in [-0.05, 0) is 24.1 Å². The van der Waals surface area contributed by atoms with Crippen LogP contribution in [0.15, 0.2) is 28.6 Å². The number of rotatable bonds is 6. The van der Waals surface area contributed by atoms with E-state index in [0.717, 1.165) is 16.9 Å². The van der Waals surface area contributed by atoms with Crippen LogP contribution in [0.4, 0.5) is 5.13 Å². The predicted molar refractivity (Wildman–Crippen MR) is 84.6 cm³/mol. The topological polar surface area (TPSA) is 101 Å². The number of benzene rings is 1. The molecule has 0 radical (unpaired) electrons. The Morgan fingerprint density at radius 3 is 2.59 bits per heavy atom. The minimum Gasteiger partial charge on any atom is -0.301 e. The second-order valence-electron chi connectivity index (χ2n) is 4.33. The van der Waals surface area contributed by atoms with E-state index in [1.807, 2.05) is 12.1 Å². The number of amides is 1. The normalized spacial score (nSPS) is 11.4. The van der Waals surface area contributed by atoms with E-state index >= 15 is 0 Å². The summed E-state index contributed by atoms with van der Waals surface area (Å²) >= 11 is 6.58. The van der Waals surface area contributed by atoms with Crippen LogP contribution in [0.25, 0.3) is 0 Å². The number of anilines is 1. The number of carbonyl (C=O) groups is 1. The van der Waals surface area contributed by atoms with Crippen LogP contribution in [0.2, 0.25) is 5.02 Å². The highest BCUT2D eigenvalue weighted by Crippen LogP contribution is 2.19. The van der Waals surface area contributed by atoms with Gasteiger partial charge in [-0.2, -0.15) is 0 Å². The second-order valence-corrected chi connectivity index (χ2v) is 7.68. The highest BCUT2D eigenvalue weighted by atomic mass is 35.5. The number of nitrogens with one attached hydrogen (secondary N) is 2. The van der Waals surface area contributed by atoms with Gasteiger partial charge in [0, 0.05) is 18.5 Å². The highest BCUT2D eigenvalue weighted by molar-refractivity contribution is 7.91. The van der Waals surface area contributed by atoms with Crippen LogP contribution in [0, 0.1) is 0 Å². The van der Waals surface area contributed by atoms with Crippen molar-refractivity contribution in [1.82, 2.24) is 14.9 Å². The number of aromatic nitrogens is 2. The monoisotopic (exact) mass is 360 g/mol. The van der Waals surface area contributed by atoms with Crippen molar-refractivity contribution in [3.05, 3.63) is 34.9 Å². The van der Waals surface area contributed by atoms with E-state index in [0.29, 0.717) is 11.4 Å². The summed E-state index contributed by atoms with van der Waals surface area (Å²) in [4.78, 5) is 10.9. The Morgan fingerprint density at radius 1 is 1.27 bits per heavy atom. The zero-order chi connectivity index (χ0) is 16.2. The number of hydrogen-bond donors (Lipinski definition) is 2. The Labute approximate surface area is 136 Å². The standard InChI is InChI=1S/C12H13ClN4O3S2/c1-8(18)15-11-16-17-12(21-11)22(19,20)14-7-6-9-2-4-10(13)5-3-9/h2-5,14H,6-7H2,1H3,(H,15,16,18). The number of sulfonamides is 1. The maximum atomic E-state index is 12.0. The van der Waals surface area contributed by atoms with Crippen LogP contribution in [0.5, 0.6) is 0 Å². The fraction of sp³-hybridized carbons (Fsp3) is 0.250. The molecule has 1 aromatic heterocycles. The molecule has 1 heterocycles. The van der Waals surface area contributed by atoms with Crippen molar-refractivity contribution in [2.75, 3.05) is 11.9 Å². The number of carbonyl (C=O) groups excluding carboxylic acids is 1.